The molecule has 0 amide bonds. The van der Waals surface area contributed by atoms with E-state index in [1.807, 2.05) is 24.4 Å². The molecule has 0 saturated carbocycles. The Kier molecular flexibility index (Phi) is 2.18. The van der Waals surface area contributed by atoms with E-state index in [4.69, 9.17) is 5.73 Å². The number of hydrogen-bond donors (Lipinski definition) is 1. The monoisotopic (exact) mass is 188 g/mol. The van der Waals surface area contributed by atoms with E-state index in [0.717, 1.165) is 17.8 Å². The second kappa shape index (κ2) is 3.49. The molecule has 0 spiro atoms. The van der Waals surface area contributed by atoms with Crippen LogP contribution in [0.2, 0.25) is 0 Å². The third kappa shape index (κ3) is 1.46. The molecule has 1 aromatic carbocycles. The van der Waals surface area contributed by atoms with Gasteiger partial charge in [-0.2, -0.15) is 0 Å². The van der Waals surface area contributed by atoms with Gasteiger partial charge in [0.25, 0.3) is 0 Å². The summed E-state index contributed by atoms with van der Waals surface area (Å²) in [5.41, 5.74) is 8.71. The summed E-state index contributed by atoms with van der Waals surface area (Å²) in [6.45, 7) is 2.09. The number of nitrogens with zero attached hydrogens (tertiary/aromatic N) is 3. The van der Waals surface area contributed by atoms with Crippen molar-refractivity contribution in [2.24, 2.45) is 0 Å². The van der Waals surface area contributed by atoms with Crippen LogP contribution in [0.1, 0.15) is 12.5 Å². The van der Waals surface area contributed by atoms with Crippen LogP contribution in [0.15, 0.2) is 30.6 Å². The maximum Gasteiger partial charge on any atom is 0.0697 e. The predicted octanol–water partition coefficient (Wildman–Crippen LogP) is 1.41. The van der Waals surface area contributed by atoms with Gasteiger partial charge in [-0.1, -0.05) is 12.1 Å². The summed E-state index contributed by atoms with van der Waals surface area (Å²) in [6.07, 6.45) is 4.42. The predicted molar refractivity (Wildman–Crippen MR) is 55.1 cm³/mol. The van der Waals surface area contributed by atoms with Crippen molar-refractivity contribution in [1.82, 2.24) is 15.0 Å². The Bertz CT molecular complexity index is 420. The molecular weight excluding hydrogens is 176 g/mol. The van der Waals surface area contributed by atoms with Crippen LogP contribution in [-0.2, 0) is 6.42 Å². The molecule has 0 bridgehead atoms. The van der Waals surface area contributed by atoms with Gasteiger partial charge in [0.1, 0.15) is 0 Å². The average Bonchev–Trinajstić information content (AvgIpc) is 2.70. The number of rotatable bonds is 2. The number of aryl methyl sites for hydroxylation is 1. The zero-order valence-electron chi connectivity index (χ0n) is 8.01. The topological polar surface area (TPSA) is 56.7 Å². The van der Waals surface area contributed by atoms with Crippen molar-refractivity contribution in [3.05, 3.63) is 36.2 Å². The second-order valence-corrected chi connectivity index (χ2v) is 3.09. The van der Waals surface area contributed by atoms with Crippen LogP contribution in [0.4, 0.5) is 5.69 Å². The van der Waals surface area contributed by atoms with Crippen LogP contribution >= 0.6 is 0 Å². The molecule has 1 heterocycles. The number of aromatic nitrogens is 3. The highest BCUT2D eigenvalue weighted by atomic mass is 15.4. The number of hydrogen-bond acceptors (Lipinski definition) is 3. The molecule has 2 aromatic rings. The Morgan fingerprint density at radius 3 is 2.93 bits per heavy atom. The number of nitrogen functional groups attached to an aromatic ring is 1. The molecule has 0 saturated heterocycles. The summed E-state index contributed by atoms with van der Waals surface area (Å²) in [6, 6.07) is 5.80. The van der Waals surface area contributed by atoms with E-state index in [1.165, 1.54) is 5.56 Å². The van der Waals surface area contributed by atoms with Crippen molar-refractivity contribution >= 4 is 5.69 Å². The van der Waals surface area contributed by atoms with E-state index in [1.54, 1.807) is 10.9 Å². The van der Waals surface area contributed by atoms with Gasteiger partial charge in [0.15, 0.2) is 0 Å². The average molecular weight is 188 g/mol. The first-order valence-electron chi connectivity index (χ1n) is 4.56. The molecule has 2 N–H and O–H groups in total. The molecule has 0 aliphatic rings. The minimum Gasteiger partial charge on any atom is -0.399 e. The van der Waals surface area contributed by atoms with Gasteiger partial charge in [-0.05, 0) is 30.2 Å². The zero-order chi connectivity index (χ0) is 9.97. The van der Waals surface area contributed by atoms with Gasteiger partial charge in [-0.3, -0.25) is 0 Å². The molecule has 0 aliphatic heterocycles. The maximum absolute atomic E-state index is 5.71. The van der Waals surface area contributed by atoms with Gasteiger partial charge in [-0.25, -0.2) is 4.68 Å². The summed E-state index contributed by atoms with van der Waals surface area (Å²) in [4.78, 5) is 0. The van der Waals surface area contributed by atoms with Crippen molar-refractivity contribution in [3.8, 4) is 5.69 Å². The summed E-state index contributed by atoms with van der Waals surface area (Å²) in [7, 11) is 0. The van der Waals surface area contributed by atoms with Crippen LogP contribution < -0.4 is 5.73 Å². The largest absolute Gasteiger partial charge is 0.399 e. The van der Waals surface area contributed by atoms with Crippen LogP contribution in [0.25, 0.3) is 5.69 Å². The standard InChI is InChI=1S/C10H12N4/c1-2-8-7-9(11)3-4-10(8)14-6-5-12-13-14/h3-7H,2,11H2,1H3. The first-order chi connectivity index (χ1) is 6.81. The van der Waals surface area contributed by atoms with Crippen LogP contribution in [0, 0.1) is 0 Å². The molecule has 14 heavy (non-hydrogen) atoms. The smallest absolute Gasteiger partial charge is 0.0697 e. The first-order valence-corrected chi connectivity index (χ1v) is 4.56. The van der Waals surface area contributed by atoms with Gasteiger partial charge in [0.2, 0.25) is 0 Å². The summed E-state index contributed by atoms with van der Waals surface area (Å²) >= 11 is 0. The first kappa shape index (κ1) is 8.74. The quantitative estimate of drug-likeness (QED) is 0.725. The van der Waals surface area contributed by atoms with Crippen molar-refractivity contribution in [3.63, 3.8) is 0 Å². The lowest BCUT2D eigenvalue weighted by molar-refractivity contribution is 0.793. The van der Waals surface area contributed by atoms with Gasteiger partial charge in [0, 0.05) is 5.69 Å². The van der Waals surface area contributed by atoms with Gasteiger partial charge in [-0.15, -0.1) is 5.10 Å². The lowest BCUT2D eigenvalue weighted by atomic mass is 10.1. The highest BCUT2D eigenvalue weighted by Gasteiger charge is 2.03. The second-order valence-electron chi connectivity index (χ2n) is 3.09. The number of anilines is 1. The van der Waals surface area contributed by atoms with E-state index < -0.39 is 0 Å². The maximum atomic E-state index is 5.71. The fraction of sp³-hybridized carbons (Fsp3) is 0.200. The molecule has 4 heteroatoms. The van der Waals surface area contributed by atoms with Crippen molar-refractivity contribution in [2.75, 3.05) is 5.73 Å². The minimum absolute atomic E-state index is 0.783. The Morgan fingerprint density at radius 1 is 1.43 bits per heavy atom. The molecule has 0 fully saturated rings. The summed E-state index contributed by atoms with van der Waals surface area (Å²) < 4.78 is 1.75. The SMILES string of the molecule is CCc1cc(N)ccc1-n1ccnn1. The summed E-state index contributed by atoms with van der Waals surface area (Å²) in [5.74, 6) is 0. The van der Waals surface area contributed by atoms with Gasteiger partial charge >= 0.3 is 0 Å². The van der Waals surface area contributed by atoms with E-state index in [0.29, 0.717) is 0 Å². The molecular formula is C10H12N4. The highest BCUT2D eigenvalue weighted by Crippen LogP contribution is 2.17. The number of benzene rings is 1. The Hall–Kier alpha value is -1.84. The van der Waals surface area contributed by atoms with Crippen molar-refractivity contribution < 1.29 is 0 Å². The zero-order valence-corrected chi connectivity index (χ0v) is 8.01. The fourth-order valence-electron chi connectivity index (χ4n) is 1.45. The molecule has 0 unspecified atom stereocenters. The van der Waals surface area contributed by atoms with Crippen molar-refractivity contribution in [2.45, 2.75) is 13.3 Å². The van der Waals surface area contributed by atoms with E-state index in [-0.39, 0.29) is 0 Å². The molecule has 0 atom stereocenters. The molecule has 2 rings (SSSR count). The Labute approximate surface area is 82.4 Å². The third-order valence-corrected chi connectivity index (χ3v) is 2.15. The highest BCUT2D eigenvalue weighted by molar-refractivity contribution is 5.51. The molecule has 0 aliphatic carbocycles. The van der Waals surface area contributed by atoms with Crippen LogP contribution in [0.3, 0.4) is 0 Å². The van der Waals surface area contributed by atoms with Gasteiger partial charge in [0.05, 0.1) is 18.1 Å². The normalized spacial score (nSPS) is 10.4. The Morgan fingerprint density at radius 2 is 2.29 bits per heavy atom. The van der Waals surface area contributed by atoms with Crippen LogP contribution in [-0.4, -0.2) is 15.0 Å². The third-order valence-electron chi connectivity index (χ3n) is 2.15. The number of nitrogens with two attached hydrogens (primary N) is 1. The lowest BCUT2D eigenvalue weighted by Crippen LogP contribution is -2.01. The minimum atomic E-state index is 0.783. The van der Waals surface area contributed by atoms with Crippen LogP contribution in [0.5, 0.6) is 0 Å². The molecule has 72 valence electrons. The van der Waals surface area contributed by atoms with Gasteiger partial charge < -0.3 is 5.73 Å². The summed E-state index contributed by atoms with van der Waals surface area (Å²) in [5, 5.41) is 7.73. The molecule has 0 radical (unpaired) electrons. The van der Waals surface area contributed by atoms with E-state index in [9.17, 15) is 0 Å². The van der Waals surface area contributed by atoms with E-state index >= 15 is 0 Å². The fourth-order valence-corrected chi connectivity index (χ4v) is 1.45. The lowest BCUT2D eigenvalue weighted by Gasteiger charge is -2.07. The molecule has 4 nitrogen and oxygen atoms in total. The molecule has 1 aromatic heterocycles. The van der Waals surface area contributed by atoms with E-state index in [2.05, 4.69) is 17.2 Å². The Balaban J connectivity index is 2.53. The van der Waals surface area contributed by atoms with Crippen molar-refractivity contribution in [1.29, 1.82) is 0 Å².